The van der Waals surface area contributed by atoms with Gasteiger partial charge in [0, 0.05) is 18.5 Å². The van der Waals surface area contributed by atoms with E-state index in [1.165, 1.54) is 22.3 Å². The van der Waals surface area contributed by atoms with Crippen molar-refractivity contribution in [3.8, 4) is 0 Å². The van der Waals surface area contributed by atoms with E-state index in [1.807, 2.05) is 12.1 Å². The Hall–Kier alpha value is -2.87. The van der Waals surface area contributed by atoms with Gasteiger partial charge in [-0.15, -0.1) is 0 Å². The maximum Gasteiger partial charge on any atom is 0.227 e. The molecule has 27 heavy (non-hydrogen) atoms. The second-order valence-corrected chi connectivity index (χ2v) is 7.74. The Kier molecular flexibility index (Phi) is 3.86. The van der Waals surface area contributed by atoms with Crippen molar-refractivity contribution in [2.75, 3.05) is 6.54 Å². The molecule has 5 rings (SSSR count). The molecule has 1 fully saturated rings. The van der Waals surface area contributed by atoms with Gasteiger partial charge >= 0.3 is 0 Å². The Labute approximate surface area is 160 Å². The second kappa shape index (κ2) is 6.38. The first-order valence-electron chi connectivity index (χ1n) is 9.76. The Bertz CT molecular complexity index is 924. The predicted molar refractivity (Wildman–Crippen MR) is 107 cm³/mol. The normalized spacial score (nSPS) is 20.0. The van der Waals surface area contributed by atoms with Gasteiger partial charge in [0.15, 0.2) is 0 Å². The number of carbonyl (C=O) groups is 1. The lowest BCUT2D eigenvalue weighted by atomic mass is 9.85. The van der Waals surface area contributed by atoms with Gasteiger partial charge in [-0.1, -0.05) is 84.9 Å². The Morgan fingerprint density at radius 1 is 0.778 bits per heavy atom. The molecular formula is C25H23NO. The Morgan fingerprint density at radius 3 is 1.96 bits per heavy atom. The number of fused-ring (bicyclic) bond motifs is 1. The third kappa shape index (κ3) is 2.68. The van der Waals surface area contributed by atoms with E-state index in [0.717, 1.165) is 25.9 Å². The summed E-state index contributed by atoms with van der Waals surface area (Å²) in [5.41, 5.74) is 5.02. The van der Waals surface area contributed by atoms with Crippen LogP contribution < -0.4 is 0 Å². The van der Waals surface area contributed by atoms with Gasteiger partial charge in [0.05, 0.1) is 5.92 Å². The highest BCUT2D eigenvalue weighted by atomic mass is 16.2. The molecule has 1 saturated carbocycles. The molecule has 0 spiro atoms. The number of amides is 1. The van der Waals surface area contributed by atoms with Crippen LogP contribution in [0.2, 0.25) is 0 Å². The molecule has 1 heterocycles. The lowest BCUT2D eigenvalue weighted by Crippen LogP contribution is -2.38. The third-order valence-electron chi connectivity index (χ3n) is 6.28. The first kappa shape index (κ1) is 16.3. The summed E-state index contributed by atoms with van der Waals surface area (Å²) in [5, 5.41) is 0. The van der Waals surface area contributed by atoms with Gasteiger partial charge in [0.25, 0.3) is 0 Å². The number of hydrogen-bond donors (Lipinski definition) is 0. The largest absolute Gasteiger partial charge is 0.338 e. The summed E-state index contributed by atoms with van der Waals surface area (Å²) in [5.74, 6) is 0.338. The van der Waals surface area contributed by atoms with Gasteiger partial charge in [-0.3, -0.25) is 4.79 Å². The fourth-order valence-electron chi connectivity index (χ4n) is 4.74. The van der Waals surface area contributed by atoms with Crippen LogP contribution in [0.25, 0.3) is 0 Å². The zero-order valence-corrected chi connectivity index (χ0v) is 15.3. The molecular weight excluding hydrogens is 330 g/mol. The summed E-state index contributed by atoms with van der Waals surface area (Å²) < 4.78 is 0. The molecule has 0 aromatic heterocycles. The van der Waals surface area contributed by atoms with Crippen molar-refractivity contribution in [2.45, 2.75) is 24.8 Å². The summed E-state index contributed by atoms with van der Waals surface area (Å²) >= 11 is 0. The smallest absolute Gasteiger partial charge is 0.227 e. The summed E-state index contributed by atoms with van der Waals surface area (Å²) in [4.78, 5) is 15.5. The van der Waals surface area contributed by atoms with Crippen molar-refractivity contribution >= 4 is 5.91 Å². The van der Waals surface area contributed by atoms with E-state index in [4.69, 9.17) is 0 Å². The van der Waals surface area contributed by atoms with Crippen LogP contribution in [0.5, 0.6) is 0 Å². The monoisotopic (exact) mass is 353 g/mol. The maximum absolute atomic E-state index is 13.5. The van der Waals surface area contributed by atoms with Crippen LogP contribution in [-0.2, 0) is 23.2 Å². The van der Waals surface area contributed by atoms with Crippen LogP contribution in [0.4, 0.5) is 0 Å². The van der Waals surface area contributed by atoms with E-state index in [1.54, 1.807) is 0 Å². The minimum atomic E-state index is -0.170. The van der Waals surface area contributed by atoms with E-state index in [-0.39, 0.29) is 11.3 Å². The third-order valence-corrected chi connectivity index (χ3v) is 6.28. The van der Waals surface area contributed by atoms with Crippen molar-refractivity contribution in [1.29, 1.82) is 0 Å². The Balaban J connectivity index is 1.46. The van der Waals surface area contributed by atoms with Crippen LogP contribution in [0, 0.1) is 5.92 Å². The lowest BCUT2D eigenvalue weighted by Gasteiger charge is -2.30. The van der Waals surface area contributed by atoms with Crippen molar-refractivity contribution in [3.63, 3.8) is 0 Å². The molecule has 134 valence electrons. The molecule has 2 heteroatoms. The quantitative estimate of drug-likeness (QED) is 0.675. The van der Waals surface area contributed by atoms with Crippen molar-refractivity contribution < 1.29 is 4.79 Å². The van der Waals surface area contributed by atoms with E-state index in [0.29, 0.717) is 5.91 Å². The fourth-order valence-corrected chi connectivity index (χ4v) is 4.74. The number of rotatable bonds is 3. The first-order valence-corrected chi connectivity index (χ1v) is 9.76. The van der Waals surface area contributed by atoms with Crippen molar-refractivity contribution in [1.82, 2.24) is 4.90 Å². The van der Waals surface area contributed by atoms with E-state index >= 15 is 0 Å². The van der Waals surface area contributed by atoms with Crippen LogP contribution in [-0.4, -0.2) is 17.4 Å². The SMILES string of the molecule is O=C([C@H]1CC1(c1ccccc1)c1ccccc1)N1CCc2ccccc2C1. The molecule has 1 aliphatic carbocycles. The molecule has 1 atom stereocenters. The molecule has 0 radical (unpaired) electrons. The lowest BCUT2D eigenvalue weighted by molar-refractivity contribution is -0.133. The molecule has 3 aromatic rings. The number of nitrogens with zero attached hydrogens (tertiary/aromatic N) is 1. The summed E-state index contributed by atoms with van der Waals surface area (Å²) in [6.07, 6.45) is 1.86. The van der Waals surface area contributed by atoms with E-state index < -0.39 is 0 Å². The molecule has 0 N–H and O–H groups in total. The van der Waals surface area contributed by atoms with Crippen molar-refractivity contribution in [2.24, 2.45) is 5.92 Å². The number of hydrogen-bond acceptors (Lipinski definition) is 1. The van der Waals surface area contributed by atoms with E-state index in [2.05, 4.69) is 77.7 Å². The van der Waals surface area contributed by atoms with Crippen LogP contribution >= 0.6 is 0 Å². The highest BCUT2D eigenvalue weighted by Crippen LogP contribution is 2.59. The molecule has 0 saturated heterocycles. The summed E-state index contributed by atoms with van der Waals surface area (Å²) in [6.45, 7) is 1.57. The zero-order valence-electron chi connectivity index (χ0n) is 15.3. The summed E-state index contributed by atoms with van der Waals surface area (Å²) in [6, 6.07) is 29.6. The van der Waals surface area contributed by atoms with Gasteiger partial charge in [-0.2, -0.15) is 0 Å². The highest BCUT2D eigenvalue weighted by Gasteiger charge is 2.61. The molecule has 3 aromatic carbocycles. The van der Waals surface area contributed by atoms with Gasteiger partial charge in [0.2, 0.25) is 5.91 Å². The number of benzene rings is 3. The minimum Gasteiger partial charge on any atom is -0.338 e. The molecule has 2 aliphatic rings. The second-order valence-electron chi connectivity index (χ2n) is 7.74. The van der Waals surface area contributed by atoms with E-state index in [9.17, 15) is 4.79 Å². The zero-order chi connectivity index (χ0) is 18.3. The minimum absolute atomic E-state index is 0.0348. The van der Waals surface area contributed by atoms with Gasteiger partial charge in [-0.25, -0.2) is 0 Å². The average Bonchev–Trinajstić information content (AvgIpc) is 3.51. The standard InChI is InChI=1S/C25H23NO/c27-24(26-16-15-19-9-7-8-10-20(19)18-26)23-17-25(23,21-11-3-1-4-12-21)22-13-5-2-6-14-22/h1-14,23H,15-18H2/t23-/m1/s1. The number of carbonyl (C=O) groups excluding carboxylic acids is 1. The molecule has 0 bridgehead atoms. The van der Waals surface area contributed by atoms with Gasteiger partial charge < -0.3 is 4.90 Å². The highest BCUT2D eigenvalue weighted by molar-refractivity contribution is 5.86. The van der Waals surface area contributed by atoms with Crippen LogP contribution in [0.1, 0.15) is 28.7 Å². The fraction of sp³-hybridized carbons (Fsp3) is 0.240. The van der Waals surface area contributed by atoms with Gasteiger partial charge in [0.1, 0.15) is 0 Å². The van der Waals surface area contributed by atoms with Crippen LogP contribution in [0.15, 0.2) is 84.9 Å². The van der Waals surface area contributed by atoms with Gasteiger partial charge in [-0.05, 0) is 35.1 Å². The molecule has 1 aliphatic heterocycles. The maximum atomic E-state index is 13.5. The average molecular weight is 353 g/mol. The topological polar surface area (TPSA) is 20.3 Å². The van der Waals surface area contributed by atoms with Crippen molar-refractivity contribution in [3.05, 3.63) is 107 Å². The predicted octanol–water partition coefficient (Wildman–Crippen LogP) is 4.58. The van der Waals surface area contributed by atoms with Crippen LogP contribution in [0.3, 0.4) is 0 Å². The molecule has 0 unspecified atom stereocenters. The summed E-state index contributed by atoms with van der Waals surface area (Å²) in [7, 11) is 0. The molecule has 1 amide bonds. The molecule has 2 nitrogen and oxygen atoms in total. The first-order chi connectivity index (χ1) is 13.3. The Morgan fingerprint density at radius 2 is 1.33 bits per heavy atom.